The van der Waals surface area contributed by atoms with Crippen molar-refractivity contribution in [3.63, 3.8) is 0 Å². The van der Waals surface area contributed by atoms with E-state index in [9.17, 15) is 19.3 Å². The Morgan fingerprint density at radius 3 is 2.85 bits per heavy atom. The number of carbonyl (C=O) groups is 1. The van der Waals surface area contributed by atoms with Gasteiger partial charge in [0.25, 0.3) is 0 Å². The summed E-state index contributed by atoms with van der Waals surface area (Å²) in [6, 6.07) is 2.96. The van der Waals surface area contributed by atoms with Crippen LogP contribution in [0.5, 0.6) is 5.75 Å². The number of nitrogens with zero attached hydrogens (tertiary/aromatic N) is 1. The molecule has 2 unspecified atom stereocenters. The molecule has 1 aliphatic rings. The normalized spacial score (nSPS) is 25.4. The number of ether oxygens (including phenoxy) is 1. The van der Waals surface area contributed by atoms with E-state index in [1.165, 1.54) is 0 Å². The first-order chi connectivity index (χ1) is 9.32. The summed E-state index contributed by atoms with van der Waals surface area (Å²) in [5, 5.41) is 19.8. The van der Waals surface area contributed by atoms with Crippen molar-refractivity contribution < 1.29 is 24.0 Å². The van der Waals surface area contributed by atoms with E-state index in [-0.39, 0.29) is 18.6 Å². The highest BCUT2D eigenvalue weighted by Crippen LogP contribution is 2.35. The maximum Gasteiger partial charge on any atom is 0.323 e. The maximum atomic E-state index is 13.0. The fraction of sp³-hybridized carbons (Fsp3) is 0.417. The van der Waals surface area contributed by atoms with Gasteiger partial charge in [0.05, 0.1) is 11.0 Å². The Bertz CT molecular complexity index is 565. The maximum absolute atomic E-state index is 13.0. The minimum atomic E-state index is -1.38. The Kier molecular flexibility index (Phi) is 3.58. The van der Waals surface area contributed by atoms with E-state index in [0.29, 0.717) is 6.42 Å². The van der Waals surface area contributed by atoms with Crippen LogP contribution in [0.1, 0.15) is 19.3 Å². The van der Waals surface area contributed by atoms with Crippen LogP contribution in [0.15, 0.2) is 18.2 Å². The lowest BCUT2D eigenvalue weighted by Gasteiger charge is -2.18. The number of nitrogens with two attached hydrogens (primary N) is 1. The second kappa shape index (κ2) is 5.04. The van der Waals surface area contributed by atoms with Gasteiger partial charge in [0.1, 0.15) is 17.5 Å². The van der Waals surface area contributed by atoms with Crippen molar-refractivity contribution in [3.05, 3.63) is 34.1 Å². The van der Waals surface area contributed by atoms with E-state index < -0.39 is 34.0 Å². The molecule has 20 heavy (non-hydrogen) atoms. The highest BCUT2D eigenvalue weighted by atomic mass is 19.1. The molecule has 0 radical (unpaired) electrons. The number of carboxylic acids is 1. The zero-order valence-electron chi connectivity index (χ0n) is 10.4. The van der Waals surface area contributed by atoms with Gasteiger partial charge in [-0.3, -0.25) is 14.9 Å². The van der Waals surface area contributed by atoms with Gasteiger partial charge in [-0.15, -0.1) is 0 Å². The Balaban J connectivity index is 2.16. The number of carboxylic acid groups (broad SMARTS) is 1. The van der Waals surface area contributed by atoms with E-state index in [2.05, 4.69) is 0 Å². The predicted molar refractivity (Wildman–Crippen MR) is 65.9 cm³/mol. The molecule has 1 fully saturated rings. The first-order valence-electron chi connectivity index (χ1n) is 5.95. The smallest absolute Gasteiger partial charge is 0.323 e. The highest BCUT2D eigenvalue weighted by Gasteiger charge is 2.43. The third-order valence-corrected chi connectivity index (χ3v) is 3.34. The van der Waals surface area contributed by atoms with E-state index in [1.807, 2.05) is 0 Å². The van der Waals surface area contributed by atoms with Crippen LogP contribution in [-0.2, 0) is 4.79 Å². The fourth-order valence-electron chi connectivity index (χ4n) is 2.24. The Labute approximate surface area is 113 Å². The first-order valence-corrected chi connectivity index (χ1v) is 5.95. The molecule has 0 spiro atoms. The third-order valence-electron chi connectivity index (χ3n) is 3.34. The molecule has 0 heterocycles. The summed E-state index contributed by atoms with van der Waals surface area (Å²) in [5.74, 6) is -1.96. The van der Waals surface area contributed by atoms with Crippen molar-refractivity contribution in [1.29, 1.82) is 0 Å². The molecule has 1 aromatic rings. The van der Waals surface area contributed by atoms with Crippen LogP contribution in [-0.4, -0.2) is 27.6 Å². The molecule has 108 valence electrons. The average molecular weight is 284 g/mol. The number of benzene rings is 1. The summed E-state index contributed by atoms with van der Waals surface area (Å²) in [6.07, 6.45) is 0.108. The summed E-state index contributed by atoms with van der Waals surface area (Å²) in [5.41, 5.74) is 3.83. The SMILES string of the molecule is NC1(C(=O)O)CCC(Oc2ccc(F)cc2[N+](=O)[O-])C1. The standard InChI is InChI=1S/C12H13FN2O5/c13-7-1-2-10(9(5-7)15(18)19)20-8-3-4-12(14,6-8)11(16)17/h1-2,5,8H,3-4,6,14H2,(H,16,17). The van der Waals surface area contributed by atoms with E-state index in [1.54, 1.807) is 0 Å². The molecular weight excluding hydrogens is 271 g/mol. The van der Waals surface area contributed by atoms with Crippen LogP contribution in [0.25, 0.3) is 0 Å². The molecule has 0 bridgehead atoms. The quantitative estimate of drug-likeness (QED) is 0.638. The van der Waals surface area contributed by atoms with Crippen LogP contribution in [0.4, 0.5) is 10.1 Å². The number of nitro benzene ring substituents is 1. The van der Waals surface area contributed by atoms with Crippen molar-refractivity contribution in [3.8, 4) is 5.75 Å². The molecule has 1 saturated carbocycles. The Morgan fingerprint density at radius 1 is 1.60 bits per heavy atom. The molecular formula is C12H13FN2O5. The van der Waals surface area contributed by atoms with E-state index in [0.717, 1.165) is 18.2 Å². The molecule has 1 aromatic carbocycles. The monoisotopic (exact) mass is 284 g/mol. The lowest BCUT2D eigenvalue weighted by molar-refractivity contribution is -0.386. The molecule has 0 aromatic heterocycles. The summed E-state index contributed by atoms with van der Waals surface area (Å²) in [6.45, 7) is 0. The summed E-state index contributed by atoms with van der Waals surface area (Å²) in [7, 11) is 0. The summed E-state index contributed by atoms with van der Waals surface area (Å²) >= 11 is 0. The van der Waals surface area contributed by atoms with E-state index in [4.69, 9.17) is 15.6 Å². The largest absolute Gasteiger partial charge is 0.483 e. The van der Waals surface area contributed by atoms with Crippen molar-refractivity contribution in [2.24, 2.45) is 5.73 Å². The Morgan fingerprint density at radius 2 is 2.30 bits per heavy atom. The van der Waals surface area contributed by atoms with Gasteiger partial charge < -0.3 is 15.6 Å². The molecule has 0 aliphatic heterocycles. The number of halogens is 1. The number of hydrogen-bond donors (Lipinski definition) is 2. The zero-order chi connectivity index (χ0) is 14.9. The zero-order valence-corrected chi connectivity index (χ0v) is 10.4. The van der Waals surface area contributed by atoms with Gasteiger partial charge in [-0.2, -0.15) is 0 Å². The van der Waals surface area contributed by atoms with Crippen LogP contribution < -0.4 is 10.5 Å². The van der Waals surface area contributed by atoms with Crippen LogP contribution in [0, 0.1) is 15.9 Å². The molecule has 8 heteroatoms. The number of aliphatic carboxylic acids is 1. The second-order valence-corrected chi connectivity index (χ2v) is 4.81. The van der Waals surface area contributed by atoms with Crippen LogP contribution in [0.2, 0.25) is 0 Å². The molecule has 7 nitrogen and oxygen atoms in total. The van der Waals surface area contributed by atoms with Gasteiger partial charge in [-0.05, 0) is 25.0 Å². The van der Waals surface area contributed by atoms with Gasteiger partial charge in [-0.1, -0.05) is 0 Å². The Hall–Kier alpha value is -2.22. The van der Waals surface area contributed by atoms with Gasteiger partial charge in [0, 0.05) is 6.42 Å². The molecule has 2 rings (SSSR count). The van der Waals surface area contributed by atoms with Crippen LogP contribution in [0.3, 0.4) is 0 Å². The minimum Gasteiger partial charge on any atom is -0.483 e. The minimum absolute atomic E-state index is 0.0524. The molecule has 0 saturated heterocycles. The summed E-state index contributed by atoms with van der Waals surface area (Å²) < 4.78 is 18.4. The molecule has 2 atom stereocenters. The molecule has 1 aliphatic carbocycles. The van der Waals surface area contributed by atoms with Gasteiger partial charge in [-0.25, -0.2) is 4.39 Å². The fourth-order valence-corrected chi connectivity index (χ4v) is 2.24. The number of nitro groups is 1. The van der Waals surface area contributed by atoms with Crippen molar-refractivity contribution >= 4 is 11.7 Å². The molecule has 3 N–H and O–H groups in total. The lowest BCUT2D eigenvalue weighted by atomic mass is 10.00. The topological polar surface area (TPSA) is 116 Å². The van der Waals surface area contributed by atoms with E-state index >= 15 is 0 Å². The van der Waals surface area contributed by atoms with Crippen LogP contribution >= 0.6 is 0 Å². The summed E-state index contributed by atoms with van der Waals surface area (Å²) in [4.78, 5) is 21.1. The van der Waals surface area contributed by atoms with Gasteiger partial charge in [0.2, 0.25) is 0 Å². The number of hydrogen-bond acceptors (Lipinski definition) is 5. The average Bonchev–Trinajstić information content (AvgIpc) is 2.74. The second-order valence-electron chi connectivity index (χ2n) is 4.81. The first kappa shape index (κ1) is 14.2. The van der Waals surface area contributed by atoms with Crippen molar-refractivity contribution in [1.82, 2.24) is 0 Å². The van der Waals surface area contributed by atoms with Gasteiger partial charge in [0.15, 0.2) is 5.75 Å². The predicted octanol–water partition coefficient (Wildman–Crippen LogP) is 1.45. The number of rotatable bonds is 4. The highest BCUT2D eigenvalue weighted by molar-refractivity contribution is 5.79. The van der Waals surface area contributed by atoms with Crippen molar-refractivity contribution in [2.45, 2.75) is 30.9 Å². The molecule has 0 amide bonds. The van der Waals surface area contributed by atoms with Gasteiger partial charge >= 0.3 is 11.7 Å². The third kappa shape index (κ3) is 2.69. The lowest BCUT2D eigenvalue weighted by Crippen LogP contribution is -2.46. The van der Waals surface area contributed by atoms with Crippen molar-refractivity contribution in [2.75, 3.05) is 0 Å².